The van der Waals surface area contributed by atoms with Crippen molar-refractivity contribution >= 4 is 5.82 Å². The number of hydrogen-bond acceptors (Lipinski definition) is 5. The minimum Gasteiger partial charge on any atom is -0.459 e. The molecular weight excluding hydrogens is 321 g/mol. The number of aromatic nitrogens is 2. The lowest BCUT2D eigenvalue weighted by Gasteiger charge is -2.09. The van der Waals surface area contributed by atoms with Gasteiger partial charge in [0.25, 0.3) is 0 Å². The Hall–Kier alpha value is -2.99. The average Bonchev–Trinajstić information content (AvgIpc) is 2.67. The highest BCUT2D eigenvalue weighted by molar-refractivity contribution is 5.35. The van der Waals surface area contributed by atoms with Gasteiger partial charge >= 0.3 is 6.01 Å². The predicted molar refractivity (Wildman–Crippen MR) is 92.5 cm³/mol. The van der Waals surface area contributed by atoms with E-state index < -0.39 is 5.82 Å². The van der Waals surface area contributed by atoms with Crippen LogP contribution in [0.2, 0.25) is 0 Å². The van der Waals surface area contributed by atoms with E-state index in [0.29, 0.717) is 13.2 Å². The fourth-order valence-corrected chi connectivity index (χ4v) is 2.13. The van der Waals surface area contributed by atoms with Crippen LogP contribution in [0.1, 0.15) is 11.1 Å². The Labute approximate surface area is 145 Å². The van der Waals surface area contributed by atoms with E-state index in [9.17, 15) is 4.39 Å². The first kappa shape index (κ1) is 16.9. The van der Waals surface area contributed by atoms with E-state index in [1.54, 1.807) is 0 Å². The molecular formula is C19H18FN3O2. The number of halogens is 1. The summed E-state index contributed by atoms with van der Waals surface area (Å²) in [5.74, 6) is -0.513. The molecule has 0 unspecified atom stereocenters. The van der Waals surface area contributed by atoms with Crippen LogP contribution in [0.4, 0.5) is 10.2 Å². The van der Waals surface area contributed by atoms with Crippen LogP contribution in [-0.2, 0) is 18.0 Å². The van der Waals surface area contributed by atoms with Gasteiger partial charge in [-0.05, 0) is 11.1 Å². The molecule has 0 radical (unpaired) electrons. The normalized spacial score (nSPS) is 10.4. The van der Waals surface area contributed by atoms with Crippen LogP contribution in [0, 0.1) is 5.82 Å². The van der Waals surface area contributed by atoms with E-state index in [-0.39, 0.29) is 18.6 Å². The Bertz CT molecular complexity index is 785. The lowest BCUT2D eigenvalue weighted by atomic mass is 10.2. The number of nitrogens with one attached hydrogen (secondary N) is 1. The van der Waals surface area contributed by atoms with Crippen molar-refractivity contribution in [3.8, 4) is 6.01 Å². The van der Waals surface area contributed by atoms with E-state index in [1.165, 1.54) is 0 Å². The number of hydrogen-bond donors (Lipinski definition) is 1. The number of nitrogens with zero attached hydrogens (tertiary/aromatic N) is 2. The van der Waals surface area contributed by atoms with Gasteiger partial charge in [0.2, 0.25) is 0 Å². The van der Waals surface area contributed by atoms with Crippen LogP contribution in [0.15, 0.2) is 66.9 Å². The van der Waals surface area contributed by atoms with Crippen LogP contribution >= 0.6 is 0 Å². The number of rotatable bonds is 8. The van der Waals surface area contributed by atoms with Crippen LogP contribution < -0.4 is 10.1 Å². The third-order valence-corrected chi connectivity index (χ3v) is 3.39. The third-order valence-electron chi connectivity index (χ3n) is 3.39. The monoisotopic (exact) mass is 339 g/mol. The fraction of sp³-hybridized carbons (Fsp3) is 0.158. The molecule has 25 heavy (non-hydrogen) atoms. The largest absolute Gasteiger partial charge is 0.459 e. The van der Waals surface area contributed by atoms with Gasteiger partial charge in [-0.25, -0.2) is 9.37 Å². The molecule has 0 aliphatic rings. The number of anilines is 1. The molecule has 0 aliphatic carbocycles. The number of benzene rings is 2. The molecule has 0 fully saturated rings. The summed E-state index contributed by atoms with van der Waals surface area (Å²) in [5.41, 5.74) is 2.02. The molecule has 128 valence electrons. The summed E-state index contributed by atoms with van der Waals surface area (Å²) in [6, 6.07) is 19.5. The minimum atomic E-state index is -0.560. The van der Waals surface area contributed by atoms with Crippen molar-refractivity contribution in [2.45, 2.75) is 13.2 Å². The zero-order chi connectivity index (χ0) is 17.3. The zero-order valence-electron chi connectivity index (χ0n) is 13.6. The Morgan fingerprint density at radius 3 is 2.20 bits per heavy atom. The smallest absolute Gasteiger partial charge is 0.318 e. The van der Waals surface area contributed by atoms with Crippen molar-refractivity contribution in [1.29, 1.82) is 0 Å². The van der Waals surface area contributed by atoms with Crippen molar-refractivity contribution < 1.29 is 13.9 Å². The molecule has 0 amide bonds. The molecule has 1 N–H and O–H groups in total. The zero-order valence-corrected chi connectivity index (χ0v) is 13.6. The van der Waals surface area contributed by atoms with Gasteiger partial charge in [0.1, 0.15) is 13.3 Å². The molecule has 0 spiro atoms. The standard InChI is InChI=1S/C19H18FN3O2/c20-17-11-21-19(25-13-16-9-5-2-6-10-16)23-18(17)22-14-24-12-15-7-3-1-4-8-15/h1-11H,12-14H2,(H,21,22,23). The number of ether oxygens (including phenoxy) is 2. The van der Waals surface area contributed by atoms with Gasteiger partial charge in [0.05, 0.1) is 12.8 Å². The van der Waals surface area contributed by atoms with Crippen molar-refractivity contribution in [3.63, 3.8) is 0 Å². The quantitative estimate of drug-likeness (QED) is 0.500. The molecule has 1 aromatic heterocycles. The summed E-state index contributed by atoms with van der Waals surface area (Å²) in [6.07, 6.45) is 1.08. The van der Waals surface area contributed by atoms with Crippen LogP contribution in [0.5, 0.6) is 6.01 Å². The van der Waals surface area contributed by atoms with E-state index >= 15 is 0 Å². The molecule has 0 bridgehead atoms. The highest BCUT2D eigenvalue weighted by Crippen LogP contribution is 2.14. The van der Waals surface area contributed by atoms with Gasteiger partial charge in [-0.1, -0.05) is 60.7 Å². The molecule has 3 aromatic rings. The minimum absolute atomic E-state index is 0.0473. The Balaban J connectivity index is 1.50. The Kier molecular flexibility index (Phi) is 5.90. The second-order valence-electron chi connectivity index (χ2n) is 5.28. The maximum absolute atomic E-state index is 13.8. The Morgan fingerprint density at radius 1 is 0.880 bits per heavy atom. The first-order valence-corrected chi connectivity index (χ1v) is 7.86. The molecule has 0 aliphatic heterocycles. The summed E-state index contributed by atoms with van der Waals surface area (Å²) in [4.78, 5) is 7.87. The molecule has 2 aromatic carbocycles. The third kappa shape index (κ3) is 5.26. The van der Waals surface area contributed by atoms with Gasteiger partial charge in [0.15, 0.2) is 11.6 Å². The summed E-state index contributed by atoms with van der Waals surface area (Å²) < 4.78 is 24.7. The van der Waals surface area contributed by atoms with Crippen LogP contribution in [0.3, 0.4) is 0 Å². The molecule has 0 saturated carbocycles. The highest BCUT2D eigenvalue weighted by atomic mass is 19.1. The molecule has 6 heteroatoms. The maximum atomic E-state index is 13.8. The maximum Gasteiger partial charge on any atom is 0.318 e. The van der Waals surface area contributed by atoms with Crippen molar-refractivity contribution in [2.24, 2.45) is 0 Å². The van der Waals surface area contributed by atoms with E-state index in [4.69, 9.17) is 9.47 Å². The van der Waals surface area contributed by atoms with Gasteiger partial charge in [0, 0.05) is 0 Å². The average molecular weight is 339 g/mol. The first-order chi connectivity index (χ1) is 12.3. The summed E-state index contributed by atoms with van der Waals surface area (Å²) >= 11 is 0. The topological polar surface area (TPSA) is 56.3 Å². The SMILES string of the molecule is Fc1cnc(OCc2ccccc2)nc1NCOCc1ccccc1. The second-order valence-corrected chi connectivity index (χ2v) is 5.28. The molecule has 0 atom stereocenters. The lowest BCUT2D eigenvalue weighted by Crippen LogP contribution is -2.10. The van der Waals surface area contributed by atoms with E-state index in [1.807, 2.05) is 60.7 Å². The first-order valence-electron chi connectivity index (χ1n) is 7.86. The molecule has 0 saturated heterocycles. The van der Waals surface area contributed by atoms with E-state index in [0.717, 1.165) is 17.3 Å². The summed E-state index contributed by atoms with van der Waals surface area (Å²) in [6.45, 7) is 0.870. The van der Waals surface area contributed by atoms with Gasteiger partial charge in [-0.15, -0.1) is 0 Å². The molecule has 5 nitrogen and oxygen atoms in total. The second kappa shape index (κ2) is 8.75. The van der Waals surface area contributed by atoms with E-state index in [2.05, 4.69) is 15.3 Å². The summed E-state index contributed by atoms with van der Waals surface area (Å²) in [7, 11) is 0. The summed E-state index contributed by atoms with van der Waals surface area (Å²) in [5, 5.41) is 2.79. The predicted octanol–water partition coefficient (Wildman–Crippen LogP) is 3.78. The van der Waals surface area contributed by atoms with Crippen LogP contribution in [-0.4, -0.2) is 16.7 Å². The van der Waals surface area contributed by atoms with Crippen molar-refractivity contribution in [3.05, 3.63) is 83.8 Å². The van der Waals surface area contributed by atoms with Crippen LogP contribution in [0.25, 0.3) is 0 Å². The van der Waals surface area contributed by atoms with Gasteiger partial charge in [-0.2, -0.15) is 4.98 Å². The van der Waals surface area contributed by atoms with Crippen molar-refractivity contribution in [1.82, 2.24) is 9.97 Å². The molecule has 1 heterocycles. The Morgan fingerprint density at radius 2 is 1.52 bits per heavy atom. The van der Waals surface area contributed by atoms with Gasteiger partial charge in [-0.3, -0.25) is 0 Å². The lowest BCUT2D eigenvalue weighted by molar-refractivity contribution is 0.138. The molecule has 3 rings (SSSR count). The van der Waals surface area contributed by atoms with Gasteiger partial charge < -0.3 is 14.8 Å². The highest BCUT2D eigenvalue weighted by Gasteiger charge is 2.08. The fourth-order valence-electron chi connectivity index (χ4n) is 2.13. The van der Waals surface area contributed by atoms with Crippen molar-refractivity contribution in [2.75, 3.05) is 12.0 Å².